The van der Waals surface area contributed by atoms with Crippen molar-refractivity contribution in [2.24, 2.45) is 0 Å². The molecule has 5 nitrogen and oxygen atoms in total. The van der Waals surface area contributed by atoms with Gasteiger partial charge in [-0.1, -0.05) is 24.3 Å². The van der Waals surface area contributed by atoms with Gasteiger partial charge < -0.3 is 14.1 Å². The number of hydrogen-bond donors (Lipinski definition) is 0. The first-order valence-electron chi connectivity index (χ1n) is 9.25. The zero-order valence-corrected chi connectivity index (χ0v) is 16.6. The van der Waals surface area contributed by atoms with Crippen LogP contribution in [0.5, 0.6) is 5.75 Å². The highest BCUT2D eigenvalue weighted by molar-refractivity contribution is 7.09. The maximum atomic E-state index is 13.4. The minimum atomic E-state index is -0.643. The number of ether oxygens (including phenoxy) is 1. The fraction of sp³-hybridized carbons (Fsp3) is 0.130. The van der Waals surface area contributed by atoms with Gasteiger partial charge in [-0.2, -0.15) is 0 Å². The standard InChI is InChI=1S/C23H19NO4S/c1-2-27-18-11-9-17(10-12-18)24(15-19-7-5-13-29-19)22(25)20-14-16-6-3-4-8-21(16)28-23(20)26/h3-14H,2,15H2,1H3. The smallest absolute Gasteiger partial charge is 0.349 e. The number of hydrogen-bond acceptors (Lipinski definition) is 5. The highest BCUT2D eigenvalue weighted by atomic mass is 32.1. The van der Waals surface area contributed by atoms with Gasteiger partial charge in [-0.05, 0) is 54.8 Å². The number of carbonyl (C=O) groups excluding carboxylic acids is 1. The second-order valence-corrected chi connectivity index (χ2v) is 7.42. The van der Waals surface area contributed by atoms with E-state index in [1.807, 2.05) is 60.8 Å². The van der Waals surface area contributed by atoms with Crippen LogP contribution >= 0.6 is 11.3 Å². The van der Waals surface area contributed by atoms with E-state index in [0.29, 0.717) is 29.8 Å². The molecule has 4 aromatic rings. The van der Waals surface area contributed by atoms with Gasteiger partial charge in [-0.15, -0.1) is 11.3 Å². The van der Waals surface area contributed by atoms with Gasteiger partial charge in [0.25, 0.3) is 5.91 Å². The summed E-state index contributed by atoms with van der Waals surface area (Å²) in [6.07, 6.45) is 0. The normalized spacial score (nSPS) is 10.8. The Morgan fingerprint density at radius 1 is 1.07 bits per heavy atom. The number of para-hydroxylation sites is 1. The van der Waals surface area contributed by atoms with E-state index < -0.39 is 11.5 Å². The molecule has 4 rings (SSSR count). The molecule has 0 bridgehead atoms. The number of anilines is 1. The molecule has 2 aromatic carbocycles. The van der Waals surface area contributed by atoms with Gasteiger partial charge in [-0.25, -0.2) is 4.79 Å². The minimum absolute atomic E-state index is 0.00846. The van der Waals surface area contributed by atoms with E-state index in [2.05, 4.69) is 0 Å². The highest BCUT2D eigenvalue weighted by Crippen LogP contribution is 2.25. The Bertz CT molecular complexity index is 1180. The van der Waals surface area contributed by atoms with Crippen LogP contribution in [0, 0.1) is 0 Å². The molecule has 0 aliphatic rings. The van der Waals surface area contributed by atoms with E-state index in [1.54, 1.807) is 34.4 Å². The molecule has 2 aromatic heterocycles. The summed E-state index contributed by atoms with van der Waals surface area (Å²) in [6, 6.07) is 19.9. The molecule has 1 amide bonds. The van der Waals surface area contributed by atoms with Crippen molar-refractivity contribution in [2.45, 2.75) is 13.5 Å². The molecule has 6 heteroatoms. The lowest BCUT2D eigenvalue weighted by Crippen LogP contribution is -2.33. The van der Waals surface area contributed by atoms with E-state index in [0.717, 1.165) is 10.6 Å². The molecule has 2 heterocycles. The molecule has 0 saturated carbocycles. The van der Waals surface area contributed by atoms with Gasteiger partial charge in [-0.3, -0.25) is 4.79 Å². The van der Waals surface area contributed by atoms with Crippen LogP contribution < -0.4 is 15.3 Å². The molecule has 0 atom stereocenters. The number of amides is 1. The number of rotatable bonds is 6. The summed E-state index contributed by atoms with van der Waals surface area (Å²) in [5.41, 5.74) is 0.504. The molecule has 0 radical (unpaired) electrons. The van der Waals surface area contributed by atoms with Crippen LogP contribution in [0.3, 0.4) is 0 Å². The summed E-state index contributed by atoms with van der Waals surface area (Å²) in [6.45, 7) is 2.84. The first-order valence-corrected chi connectivity index (χ1v) is 10.1. The Morgan fingerprint density at radius 3 is 2.59 bits per heavy atom. The second kappa shape index (κ2) is 8.32. The van der Waals surface area contributed by atoms with Crippen LogP contribution in [0.4, 0.5) is 5.69 Å². The predicted molar refractivity (Wildman–Crippen MR) is 115 cm³/mol. The SMILES string of the molecule is CCOc1ccc(N(Cc2cccs2)C(=O)c2cc3ccccc3oc2=O)cc1. The van der Waals surface area contributed by atoms with Gasteiger partial charge in [0.05, 0.1) is 13.2 Å². The second-order valence-electron chi connectivity index (χ2n) is 6.38. The Balaban J connectivity index is 1.75. The predicted octanol–water partition coefficient (Wildman–Crippen LogP) is 5.10. The third kappa shape index (κ3) is 4.07. The first kappa shape index (κ1) is 19.0. The molecule has 146 valence electrons. The quantitative estimate of drug-likeness (QED) is 0.419. The first-order chi connectivity index (χ1) is 14.2. The molecule has 0 N–H and O–H groups in total. The van der Waals surface area contributed by atoms with Crippen molar-refractivity contribution < 1.29 is 13.9 Å². The van der Waals surface area contributed by atoms with E-state index >= 15 is 0 Å². The molecule has 0 fully saturated rings. The van der Waals surface area contributed by atoms with Crippen LogP contribution in [0.25, 0.3) is 11.0 Å². The summed E-state index contributed by atoms with van der Waals surface area (Å²) < 4.78 is 10.9. The van der Waals surface area contributed by atoms with Crippen molar-refractivity contribution in [1.82, 2.24) is 0 Å². The number of thiophene rings is 1. The Morgan fingerprint density at radius 2 is 1.86 bits per heavy atom. The number of carbonyl (C=O) groups is 1. The van der Waals surface area contributed by atoms with Crippen LogP contribution in [0.1, 0.15) is 22.2 Å². The summed E-state index contributed by atoms with van der Waals surface area (Å²) in [5.74, 6) is 0.326. The van der Waals surface area contributed by atoms with Crippen molar-refractivity contribution in [1.29, 1.82) is 0 Å². The molecule has 0 unspecified atom stereocenters. The summed E-state index contributed by atoms with van der Waals surface area (Å²) in [7, 11) is 0. The van der Waals surface area contributed by atoms with Crippen LogP contribution in [-0.2, 0) is 6.54 Å². The minimum Gasteiger partial charge on any atom is -0.494 e. The molecule has 0 spiro atoms. The van der Waals surface area contributed by atoms with Gasteiger partial charge in [0.15, 0.2) is 0 Å². The van der Waals surface area contributed by atoms with Crippen molar-refractivity contribution in [2.75, 3.05) is 11.5 Å². The molecule has 0 aliphatic heterocycles. The molecular weight excluding hydrogens is 386 g/mol. The number of fused-ring (bicyclic) bond motifs is 1. The van der Waals surface area contributed by atoms with E-state index in [-0.39, 0.29) is 5.56 Å². The van der Waals surface area contributed by atoms with Crippen LogP contribution in [-0.4, -0.2) is 12.5 Å². The lowest BCUT2D eigenvalue weighted by molar-refractivity contribution is 0.0982. The topological polar surface area (TPSA) is 59.8 Å². The Hall–Kier alpha value is -3.38. The summed E-state index contributed by atoms with van der Waals surface area (Å²) in [5, 5.41) is 2.67. The molecular formula is C23H19NO4S. The lowest BCUT2D eigenvalue weighted by atomic mass is 10.1. The number of nitrogens with zero attached hydrogens (tertiary/aromatic N) is 1. The van der Waals surface area contributed by atoms with E-state index in [4.69, 9.17) is 9.15 Å². The summed E-state index contributed by atoms with van der Waals surface area (Å²) >= 11 is 1.56. The Kier molecular flexibility index (Phi) is 5.44. The van der Waals surface area contributed by atoms with Gasteiger partial charge in [0.1, 0.15) is 16.9 Å². The summed E-state index contributed by atoms with van der Waals surface area (Å²) in [4.78, 5) is 28.5. The van der Waals surface area contributed by atoms with Crippen molar-refractivity contribution in [3.63, 3.8) is 0 Å². The fourth-order valence-electron chi connectivity index (χ4n) is 3.08. The monoisotopic (exact) mass is 405 g/mol. The average Bonchev–Trinajstić information content (AvgIpc) is 3.25. The third-order valence-corrected chi connectivity index (χ3v) is 5.33. The Labute approximate surface area is 171 Å². The van der Waals surface area contributed by atoms with Gasteiger partial charge in [0, 0.05) is 16.0 Å². The van der Waals surface area contributed by atoms with Crippen molar-refractivity contribution >= 4 is 33.9 Å². The van der Waals surface area contributed by atoms with Gasteiger partial charge in [0.2, 0.25) is 0 Å². The number of benzene rings is 2. The maximum Gasteiger partial charge on any atom is 0.349 e. The lowest BCUT2D eigenvalue weighted by Gasteiger charge is -2.22. The third-order valence-electron chi connectivity index (χ3n) is 4.47. The molecule has 0 aliphatic carbocycles. The van der Waals surface area contributed by atoms with Crippen LogP contribution in [0.15, 0.2) is 81.3 Å². The molecule has 0 saturated heterocycles. The zero-order valence-electron chi connectivity index (χ0n) is 15.8. The zero-order chi connectivity index (χ0) is 20.2. The average molecular weight is 405 g/mol. The highest BCUT2D eigenvalue weighted by Gasteiger charge is 2.23. The van der Waals surface area contributed by atoms with Crippen molar-refractivity contribution in [3.8, 4) is 5.75 Å². The van der Waals surface area contributed by atoms with Crippen LogP contribution in [0.2, 0.25) is 0 Å². The largest absolute Gasteiger partial charge is 0.494 e. The van der Waals surface area contributed by atoms with E-state index in [9.17, 15) is 9.59 Å². The molecule has 29 heavy (non-hydrogen) atoms. The van der Waals surface area contributed by atoms with E-state index in [1.165, 1.54) is 0 Å². The fourth-order valence-corrected chi connectivity index (χ4v) is 3.78. The van der Waals surface area contributed by atoms with Crippen molar-refractivity contribution in [3.05, 3.63) is 93.0 Å². The maximum absolute atomic E-state index is 13.4. The van der Waals surface area contributed by atoms with Gasteiger partial charge >= 0.3 is 5.63 Å².